The van der Waals surface area contributed by atoms with E-state index in [0.29, 0.717) is 11.5 Å². The Hall–Kier alpha value is -1.06. The molecular formula is C14H14OS2. The van der Waals surface area contributed by atoms with Gasteiger partial charge < -0.3 is 4.74 Å². The topological polar surface area (TPSA) is 9.23 Å². The van der Waals surface area contributed by atoms with Gasteiger partial charge in [-0.25, -0.2) is 0 Å². The first kappa shape index (κ1) is 12.4. The first-order valence-electron chi connectivity index (χ1n) is 5.40. The minimum atomic E-state index is 0.666. The first-order chi connectivity index (χ1) is 8.35. The van der Waals surface area contributed by atoms with Crippen molar-refractivity contribution in [2.45, 2.75) is 11.5 Å². The van der Waals surface area contributed by atoms with Crippen molar-refractivity contribution in [3.63, 3.8) is 0 Å². The molecule has 1 nitrogen and oxygen atoms in total. The lowest BCUT2D eigenvalue weighted by atomic mass is 10.2. The minimum Gasteiger partial charge on any atom is -0.457 e. The number of rotatable bonds is 4. The first-order valence-corrected chi connectivity index (χ1v) is 6.67. The lowest BCUT2D eigenvalue weighted by Crippen LogP contribution is -1.92. The van der Waals surface area contributed by atoms with E-state index in [2.05, 4.69) is 25.3 Å². The Morgan fingerprint density at radius 1 is 0.706 bits per heavy atom. The molecule has 0 aliphatic rings. The van der Waals surface area contributed by atoms with Gasteiger partial charge in [-0.1, -0.05) is 36.4 Å². The van der Waals surface area contributed by atoms with Crippen molar-refractivity contribution in [3.8, 4) is 11.5 Å². The Morgan fingerprint density at radius 3 is 1.53 bits per heavy atom. The highest BCUT2D eigenvalue weighted by Gasteiger charge is 2.05. The highest BCUT2D eigenvalue weighted by Crippen LogP contribution is 2.29. The molecule has 0 saturated carbocycles. The van der Waals surface area contributed by atoms with E-state index >= 15 is 0 Å². The van der Waals surface area contributed by atoms with Crippen LogP contribution in [0.5, 0.6) is 11.5 Å². The summed E-state index contributed by atoms with van der Waals surface area (Å²) in [5.41, 5.74) is 2.18. The van der Waals surface area contributed by atoms with Gasteiger partial charge in [-0.2, -0.15) is 25.3 Å². The molecule has 0 saturated heterocycles. The van der Waals surface area contributed by atoms with E-state index in [1.165, 1.54) is 0 Å². The van der Waals surface area contributed by atoms with Crippen LogP contribution in [0.1, 0.15) is 11.1 Å². The SMILES string of the molecule is SCc1ccccc1Oc1ccccc1CS. The predicted octanol–water partition coefficient (Wildman–Crippen LogP) is 4.34. The van der Waals surface area contributed by atoms with Gasteiger partial charge in [-0.05, 0) is 12.1 Å². The summed E-state index contributed by atoms with van der Waals surface area (Å²) in [4.78, 5) is 0. The molecule has 0 aliphatic carbocycles. The molecule has 0 aromatic heterocycles. The van der Waals surface area contributed by atoms with Gasteiger partial charge in [0.1, 0.15) is 11.5 Å². The fourth-order valence-electron chi connectivity index (χ4n) is 1.59. The highest BCUT2D eigenvalue weighted by atomic mass is 32.1. The van der Waals surface area contributed by atoms with E-state index in [-0.39, 0.29) is 0 Å². The number of benzene rings is 2. The second-order valence-electron chi connectivity index (χ2n) is 3.63. The third-order valence-corrected chi connectivity index (χ3v) is 3.19. The van der Waals surface area contributed by atoms with Crippen molar-refractivity contribution in [2.75, 3.05) is 0 Å². The van der Waals surface area contributed by atoms with Crippen LogP contribution in [0.4, 0.5) is 0 Å². The number of hydrogen-bond donors (Lipinski definition) is 2. The average Bonchev–Trinajstić information content (AvgIpc) is 2.40. The van der Waals surface area contributed by atoms with E-state index in [1.807, 2.05) is 48.5 Å². The Balaban J connectivity index is 2.31. The normalized spacial score (nSPS) is 10.2. The van der Waals surface area contributed by atoms with Crippen LogP contribution in [0.25, 0.3) is 0 Å². The number of thiol groups is 2. The summed E-state index contributed by atoms with van der Waals surface area (Å²) in [6.45, 7) is 0. The second-order valence-corrected chi connectivity index (χ2v) is 4.27. The molecule has 0 bridgehead atoms. The zero-order valence-electron chi connectivity index (χ0n) is 9.34. The maximum Gasteiger partial charge on any atom is 0.131 e. The van der Waals surface area contributed by atoms with Crippen molar-refractivity contribution >= 4 is 25.3 Å². The molecular weight excluding hydrogens is 248 g/mol. The highest BCUT2D eigenvalue weighted by molar-refractivity contribution is 7.79. The molecule has 2 aromatic carbocycles. The molecule has 2 aromatic rings. The molecule has 3 heteroatoms. The molecule has 0 fully saturated rings. The summed E-state index contributed by atoms with van der Waals surface area (Å²) in [6, 6.07) is 15.9. The Bertz CT molecular complexity index is 452. The van der Waals surface area contributed by atoms with Gasteiger partial charge in [0, 0.05) is 22.6 Å². The van der Waals surface area contributed by atoms with Crippen LogP contribution in [0.2, 0.25) is 0 Å². The summed E-state index contributed by atoms with van der Waals surface area (Å²) in [7, 11) is 0. The number of hydrogen-bond acceptors (Lipinski definition) is 3. The van der Waals surface area contributed by atoms with Crippen molar-refractivity contribution in [3.05, 3.63) is 59.7 Å². The van der Waals surface area contributed by atoms with Crippen molar-refractivity contribution < 1.29 is 4.74 Å². The standard InChI is InChI=1S/C14H14OS2/c16-9-11-5-1-3-7-13(11)15-14-8-4-2-6-12(14)10-17/h1-8,16-17H,9-10H2. The van der Waals surface area contributed by atoms with Gasteiger partial charge in [0.2, 0.25) is 0 Å². The monoisotopic (exact) mass is 262 g/mol. The fraction of sp³-hybridized carbons (Fsp3) is 0.143. The lowest BCUT2D eigenvalue weighted by Gasteiger charge is -2.12. The largest absolute Gasteiger partial charge is 0.457 e. The van der Waals surface area contributed by atoms with Crippen LogP contribution in [-0.4, -0.2) is 0 Å². The third kappa shape index (κ3) is 2.99. The third-order valence-electron chi connectivity index (χ3n) is 2.51. The minimum absolute atomic E-state index is 0.666. The van der Waals surface area contributed by atoms with Crippen LogP contribution in [-0.2, 0) is 11.5 Å². The molecule has 88 valence electrons. The average molecular weight is 262 g/mol. The maximum atomic E-state index is 5.92. The van der Waals surface area contributed by atoms with Gasteiger partial charge in [-0.3, -0.25) is 0 Å². The van der Waals surface area contributed by atoms with Crippen molar-refractivity contribution in [2.24, 2.45) is 0 Å². The van der Waals surface area contributed by atoms with E-state index in [4.69, 9.17) is 4.74 Å². The zero-order valence-corrected chi connectivity index (χ0v) is 11.1. The van der Waals surface area contributed by atoms with Gasteiger partial charge >= 0.3 is 0 Å². The van der Waals surface area contributed by atoms with E-state index in [9.17, 15) is 0 Å². The van der Waals surface area contributed by atoms with Gasteiger partial charge in [0.15, 0.2) is 0 Å². The molecule has 17 heavy (non-hydrogen) atoms. The molecule has 2 rings (SSSR count). The van der Waals surface area contributed by atoms with Crippen LogP contribution in [0.15, 0.2) is 48.5 Å². The Labute approximate surface area is 113 Å². The molecule has 0 amide bonds. The molecule has 0 N–H and O–H groups in total. The number of para-hydroxylation sites is 2. The summed E-state index contributed by atoms with van der Waals surface area (Å²) in [5.74, 6) is 3.05. The maximum absolute atomic E-state index is 5.92. The summed E-state index contributed by atoms with van der Waals surface area (Å²) >= 11 is 8.60. The summed E-state index contributed by atoms with van der Waals surface area (Å²) < 4.78 is 5.92. The van der Waals surface area contributed by atoms with Crippen LogP contribution >= 0.6 is 25.3 Å². The molecule has 0 unspecified atom stereocenters. The van der Waals surface area contributed by atoms with Gasteiger partial charge in [0.25, 0.3) is 0 Å². The van der Waals surface area contributed by atoms with Gasteiger partial charge in [-0.15, -0.1) is 0 Å². The Kier molecular flexibility index (Phi) is 4.40. The molecule has 0 spiro atoms. The van der Waals surface area contributed by atoms with Gasteiger partial charge in [0.05, 0.1) is 0 Å². The summed E-state index contributed by atoms with van der Waals surface area (Å²) in [5, 5.41) is 0. The van der Waals surface area contributed by atoms with Crippen molar-refractivity contribution in [1.82, 2.24) is 0 Å². The summed E-state index contributed by atoms with van der Waals surface area (Å²) in [6.07, 6.45) is 0. The van der Waals surface area contributed by atoms with Crippen LogP contribution < -0.4 is 4.74 Å². The van der Waals surface area contributed by atoms with E-state index < -0.39 is 0 Å². The molecule has 0 atom stereocenters. The second kappa shape index (κ2) is 6.03. The predicted molar refractivity (Wildman–Crippen MR) is 78.3 cm³/mol. The van der Waals surface area contributed by atoms with Crippen molar-refractivity contribution in [1.29, 1.82) is 0 Å². The Morgan fingerprint density at radius 2 is 1.12 bits per heavy atom. The molecule has 0 heterocycles. The lowest BCUT2D eigenvalue weighted by molar-refractivity contribution is 0.474. The van der Waals surface area contributed by atoms with Crippen LogP contribution in [0, 0.1) is 0 Å². The number of ether oxygens (including phenoxy) is 1. The van der Waals surface area contributed by atoms with E-state index in [1.54, 1.807) is 0 Å². The molecule has 0 radical (unpaired) electrons. The zero-order chi connectivity index (χ0) is 12.1. The van der Waals surface area contributed by atoms with E-state index in [0.717, 1.165) is 22.6 Å². The quantitative estimate of drug-likeness (QED) is 0.779. The molecule has 0 aliphatic heterocycles. The smallest absolute Gasteiger partial charge is 0.131 e. The fourth-order valence-corrected chi connectivity index (χ4v) is 2.11. The van der Waals surface area contributed by atoms with Crippen LogP contribution in [0.3, 0.4) is 0 Å².